The molecule has 2 aliphatic rings. The van der Waals surface area contributed by atoms with E-state index in [9.17, 15) is 0 Å². The minimum absolute atomic E-state index is 0.367. The number of hydrogen-bond acceptors (Lipinski definition) is 2. The zero-order valence-corrected chi connectivity index (χ0v) is 15.0. The van der Waals surface area contributed by atoms with Crippen LogP contribution < -0.4 is 0 Å². The van der Waals surface area contributed by atoms with E-state index in [1.807, 2.05) is 0 Å². The summed E-state index contributed by atoms with van der Waals surface area (Å²) in [6, 6.07) is 0. The Bertz CT molecular complexity index is 263. The highest BCUT2D eigenvalue weighted by molar-refractivity contribution is 4.81. The first-order valence-electron chi connectivity index (χ1n) is 10.1. The molecule has 0 bridgehead atoms. The van der Waals surface area contributed by atoms with Crippen molar-refractivity contribution in [1.82, 2.24) is 0 Å². The lowest BCUT2D eigenvalue weighted by molar-refractivity contribution is -0.157. The lowest BCUT2D eigenvalue weighted by atomic mass is 9.77. The van der Waals surface area contributed by atoms with Crippen LogP contribution >= 0.6 is 0 Å². The van der Waals surface area contributed by atoms with Crippen LogP contribution in [0, 0.1) is 11.8 Å². The van der Waals surface area contributed by atoms with E-state index in [1.54, 1.807) is 0 Å². The highest BCUT2D eigenvalue weighted by Crippen LogP contribution is 2.35. The standard InChI is InChI=1S/C20H38O2/c1-3-5-7-8-9-17-11-13-18(14-12-17)20-16-21-19(15-22-20)10-6-4-2/h17-20H,3-16H2,1-2H3. The molecular weight excluding hydrogens is 272 g/mol. The summed E-state index contributed by atoms with van der Waals surface area (Å²) < 4.78 is 12.2. The molecule has 1 saturated carbocycles. The van der Waals surface area contributed by atoms with Gasteiger partial charge in [0.1, 0.15) is 0 Å². The van der Waals surface area contributed by atoms with Crippen molar-refractivity contribution < 1.29 is 9.47 Å². The molecule has 2 nitrogen and oxygen atoms in total. The van der Waals surface area contributed by atoms with Crippen LogP contribution in [0.5, 0.6) is 0 Å². The Morgan fingerprint density at radius 1 is 0.727 bits per heavy atom. The molecular formula is C20H38O2. The first-order valence-corrected chi connectivity index (χ1v) is 10.1. The predicted molar refractivity (Wildman–Crippen MR) is 93.2 cm³/mol. The van der Waals surface area contributed by atoms with E-state index in [1.165, 1.54) is 77.0 Å². The largest absolute Gasteiger partial charge is 0.373 e. The van der Waals surface area contributed by atoms with Gasteiger partial charge in [0.2, 0.25) is 0 Å². The first-order chi connectivity index (χ1) is 10.8. The van der Waals surface area contributed by atoms with Crippen molar-refractivity contribution in [1.29, 1.82) is 0 Å². The molecule has 130 valence electrons. The molecule has 1 saturated heterocycles. The summed E-state index contributed by atoms with van der Waals surface area (Å²) in [6.45, 7) is 6.22. The molecule has 0 aromatic carbocycles. The molecule has 2 atom stereocenters. The van der Waals surface area contributed by atoms with Gasteiger partial charge in [-0.05, 0) is 31.1 Å². The van der Waals surface area contributed by atoms with Crippen LogP contribution in [0.3, 0.4) is 0 Å². The average molecular weight is 311 g/mol. The third-order valence-corrected chi connectivity index (χ3v) is 5.76. The van der Waals surface area contributed by atoms with Crippen LogP contribution in [-0.2, 0) is 9.47 Å². The van der Waals surface area contributed by atoms with Gasteiger partial charge in [-0.15, -0.1) is 0 Å². The van der Waals surface area contributed by atoms with Gasteiger partial charge in [0, 0.05) is 0 Å². The quantitative estimate of drug-likeness (QED) is 0.506. The maximum Gasteiger partial charge on any atom is 0.0838 e. The number of hydrogen-bond donors (Lipinski definition) is 0. The van der Waals surface area contributed by atoms with Gasteiger partial charge in [-0.2, -0.15) is 0 Å². The number of ether oxygens (including phenoxy) is 2. The summed E-state index contributed by atoms with van der Waals surface area (Å²) in [5.74, 6) is 1.76. The van der Waals surface area contributed by atoms with Crippen molar-refractivity contribution >= 4 is 0 Å². The summed E-state index contributed by atoms with van der Waals surface area (Å²) in [5, 5.41) is 0. The van der Waals surface area contributed by atoms with Crippen LogP contribution in [0.15, 0.2) is 0 Å². The van der Waals surface area contributed by atoms with Crippen LogP contribution in [0.1, 0.15) is 90.9 Å². The van der Waals surface area contributed by atoms with E-state index < -0.39 is 0 Å². The van der Waals surface area contributed by atoms with Gasteiger partial charge >= 0.3 is 0 Å². The van der Waals surface area contributed by atoms with Crippen LogP contribution in [-0.4, -0.2) is 25.4 Å². The molecule has 2 fully saturated rings. The van der Waals surface area contributed by atoms with Gasteiger partial charge in [-0.1, -0.05) is 71.6 Å². The Labute approximate surface area is 138 Å². The second kappa shape index (κ2) is 10.6. The summed E-state index contributed by atoms with van der Waals surface area (Å²) in [6.07, 6.45) is 17.2. The van der Waals surface area contributed by atoms with Gasteiger partial charge in [0.25, 0.3) is 0 Å². The van der Waals surface area contributed by atoms with Crippen LogP contribution in [0.25, 0.3) is 0 Å². The molecule has 2 unspecified atom stereocenters. The smallest absolute Gasteiger partial charge is 0.0838 e. The van der Waals surface area contributed by atoms with E-state index in [0.29, 0.717) is 12.2 Å². The van der Waals surface area contributed by atoms with Crippen molar-refractivity contribution in [2.45, 2.75) is 103 Å². The fourth-order valence-electron chi connectivity index (χ4n) is 4.14. The molecule has 0 N–H and O–H groups in total. The minimum Gasteiger partial charge on any atom is -0.373 e. The molecule has 0 amide bonds. The van der Waals surface area contributed by atoms with Gasteiger partial charge in [-0.25, -0.2) is 0 Å². The summed E-state index contributed by atoms with van der Waals surface area (Å²) in [4.78, 5) is 0. The Morgan fingerprint density at radius 3 is 2.14 bits per heavy atom. The van der Waals surface area contributed by atoms with E-state index in [-0.39, 0.29) is 0 Å². The van der Waals surface area contributed by atoms with E-state index in [2.05, 4.69) is 13.8 Å². The van der Waals surface area contributed by atoms with Gasteiger partial charge in [0.05, 0.1) is 25.4 Å². The van der Waals surface area contributed by atoms with Crippen molar-refractivity contribution in [3.8, 4) is 0 Å². The topological polar surface area (TPSA) is 18.5 Å². The molecule has 2 rings (SSSR count). The molecule has 22 heavy (non-hydrogen) atoms. The Hall–Kier alpha value is -0.0800. The maximum absolute atomic E-state index is 6.15. The molecule has 2 heteroatoms. The Morgan fingerprint density at radius 2 is 1.50 bits per heavy atom. The molecule has 1 heterocycles. The Balaban J connectivity index is 1.57. The zero-order valence-electron chi connectivity index (χ0n) is 15.0. The zero-order chi connectivity index (χ0) is 15.6. The molecule has 0 spiro atoms. The van der Waals surface area contributed by atoms with E-state index in [4.69, 9.17) is 9.47 Å². The van der Waals surface area contributed by atoms with Crippen molar-refractivity contribution in [3.63, 3.8) is 0 Å². The molecule has 0 aromatic heterocycles. The van der Waals surface area contributed by atoms with Crippen molar-refractivity contribution in [2.24, 2.45) is 11.8 Å². The second-order valence-electron chi connectivity index (χ2n) is 7.60. The fraction of sp³-hybridized carbons (Fsp3) is 1.00. The third-order valence-electron chi connectivity index (χ3n) is 5.76. The SMILES string of the molecule is CCCCCCC1CCC(C2COC(CCCC)CO2)CC1. The molecule has 1 aliphatic heterocycles. The Kier molecular flexibility index (Phi) is 8.84. The highest BCUT2D eigenvalue weighted by Gasteiger charge is 2.31. The molecule has 1 aliphatic carbocycles. The van der Waals surface area contributed by atoms with E-state index in [0.717, 1.165) is 25.0 Å². The van der Waals surface area contributed by atoms with Gasteiger partial charge < -0.3 is 9.47 Å². The van der Waals surface area contributed by atoms with Crippen molar-refractivity contribution in [2.75, 3.05) is 13.2 Å². The predicted octanol–water partition coefficient (Wildman–Crippen LogP) is 5.74. The normalized spacial score (nSPS) is 33.0. The van der Waals surface area contributed by atoms with Crippen molar-refractivity contribution in [3.05, 3.63) is 0 Å². The van der Waals surface area contributed by atoms with Crippen LogP contribution in [0.2, 0.25) is 0 Å². The van der Waals surface area contributed by atoms with Gasteiger partial charge in [0.15, 0.2) is 0 Å². The number of unbranched alkanes of at least 4 members (excludes halogenated alkanes) is 4. The second-order valence-corrected chi connectivity index (χ2v) is 7.60. The average Bonchev–Trinajstić information content (AvgIpc) is 2.58. The third kappa shape index (κ3) is 6.20. The molecule has 0 aromatic rings. The number of rotatable bonds is 9. The first kappa shape index (κ1) is 18.3. The maximum atomic E-state index is 6.15. The van der Waals surface area contributed by atoms with E-state index >= 15 is 0 Å². The van der Waals surface area contributed by atoms with Crippen LogP contribution in [0.4, 0.5) is 0 Å². The monoisotopic (exact) mass is 310 g/mol. The van der Waals surface area contributed by atoms with Gasteiger partial charge in [-0.3, -0.25) is 0 Å². The summed E-state index contributed by atoms with van der Waals surface area (Å²) in [7, 11) is 0. The minimum atomic E-state index is 0.367. The summed E-state index contributed by atoms with van der Waals surface area (Å²) >= 11 is 0. The summed E-state index contributed by atoms with van der Waals surface area (Å²) in [5.41, 5.74) is 0. The lowest BCUT2D eigenvalue weighted by Gasteiger charge is -2.38. The fourth-order valence-corrected chi connectivity index (χ4v) is 4.14. The molecule has 0 radical (unpaired) electrons. The lowest BCUT2D eigenvalue weighted by Crippen LogP contribution is -2.41. The highest BCUT2D eigenvalue weighted by atomic mass is 16.6.